The summed E-state index contributed by atoms with van der Waals surface area (Å²) in [5, 5.41) is 11.4. The lowest BCUT2D eigenvalue weighted by Gasteiger charge is -2.34. The summed E-state index contributed by atoms with van der Waals surface area (Å²) in [5.41, 5.74) is 0.401. The molecule has 1 aliphatic heterocycles. The van der Waals surface area contributed by atoms with E-state index in [2.05, 4.69) is 0 Å². The van der Waals surface area contributed by atoms with Crippen LogP contribution in [-0.4, -0.2) is 50.1 Å². The summed E-state index contributed by atoms with van der Waals surface area (Å²) in [6, 6.07) is 4.37. The molecule has 0 saturated carbocycles. The number of hydrogen-bond donors (Lipinski definition) is 0. The van der Waals surface area contributed by atoms with Gasteiger partial charge in [-0.1, -0.05) is 11.6 Å². The Labute approximate surface area is 121 Å². The monoisotopic (exact) mass is 319 g/mol. The molecule has 2 rings (SSSR count). The fourth-order valence-electron chi connectivity index (χ4n) is 2.16. The first-order chi connectivity index (χ1) is 9.29. The summed E-state index contributed by atoms with van der Waals surface area (Å²) in [7, 11) is -3.22. The molecule has 0 atom stereocenters. The normalized spacial score (nSPS) is 17.2. The molecule has 1 aliphatic rings. The van der Waals surface area contributed by atoms with Crippen LogP contribution in [-0.2, 0) is 10.0 Å². The Morgan fingerprint density at radius 3 is 2.35 bits per heavy atom. The van der Waals surface area contributed by atoms with Gasteiger partial charge < -0.3 is 4.90 Å². The van der Waals surface area contributed by atoms with Gasteiger partial charge in [-0.3, -0.25) is 10.1 Å². The zero-order valence-electron chi connectivity index (χ0n) is 10.8. The lowest BCUT2D eigenvalue weighted by Crippen LogP contribution is -2.48. The van der Waals surface area contributed by atoms with Gasteiger partial charge in [-0.2, -0.15) is 4.31 Å². The Bertz CT molecular complexity index is 627. The van der Waals surface area contributed by atoms with E-state index < -0.39 is 14.9 Å². The molecule has 0 unspecified atom stereocenters. The molecular weight excluding hydrogens is 306 g/mol. The first-order valence-electron chi connectivity index (χ1n) is 5.93. The van der Waals surface area contributed by atoms with Crippen LogP contribution in [0.25, 0.3) is 0 Å². The van der Waals surface area contributed by atoms with Crippen LogP contribution in [0.1, 0.15) is 0 Å². The smallest absolute Gasteiger partial charge is 0.292 e. The number of anilines is 1. The van der Waals surface area contributed by atoms with E-state index in [0.717, 1.165) is 6.26 Å². The molecule has 110 valence electrons. The highest BCUT2D eigenvalue weighted by Gasteiger charge is 2.27. The Morgan fingerprint density at radius 1 is 1.25 bits per heavy atom. The van der Waals surface area contributed by atoms with Gasteiger partial charge in [0.1, 0.15) is 5.69 Å². The van der Waals surface area contributed by atoms with Crippen molar-refractivity contribution in [3.63, 3.8) is 0 Å². The highest BCUT2D eigenvalue weighted by atomic mass is 35.5. The Kier molecular flexibility index (Phi) is 4.17. The molecule has 0 aliphatic carbocycles. The second-order valence-electron chi connectivity index (χ2n) is 4.54. The molecule has 7 nitrogen and oxygen atoms in total. The van der Waals surface area contributed by atoms with Crippen LogP contribution >= 0.6 is 11.6 Å². The predicted molar refractivity (Wildman–Crippen MR) is 76.7 cm³/mol. The van der Waals surface area contributed by atoms with E-state index in [9.17, 15) is 18.5 Å². The third kappa shape index (κ3) is 3.20. The molecule has 1 heterocycles. The van der Waals surface area contributed by atoms with Crippen molar-refractivity contribution < 1.29 is 13.3 Å². The average Bonchev–Trinajstić information content (AvgIpc) is 2.37. The van der Waals surface area contributed by atoms with Crippen LogP contribution in [0.2, 0.25) is 5.02 Å². The van der Waals surface area contributed by atoms with Crippen molar-refractivity contribution in [2.24, 2.45) is 0 Å². The largest absolute Gasteiger partial charge is 0.363 e. The third-order valence-corrected chi connectivity index (χ3v) is 4.72. The lowest BCUT2D eigenvalue weighted by molar-refractivity contribution is -0.384. The summed E-state index contributed by atoms with van der Waals surface area (Å²) < 4.78 is 24.2. The highest BCUT2D eigenvalue weighted by Crippen LogP contribution is 2.31. The number of nitro groups is 1. The molecule has 1 fully saturated rings. The van der Waals surface area contributed by atoms with Gasteiger partial charge in [-0.15, -0.1) is 0 Å². The van der Waals surface area contributed by atoms with Crippen molar-refractivity contribution in [2.45, 2.75) is 0 Å². The third-order valence-electron chi connectivity index (χ3n) is 3.18. The van der Waals surface area contributed by atoms with E-state index >= 15 is 0 Å². The summed E-state index contributed by atoms with van der Waals surface area (Å²) in [5.74, 6) is 0. The molecule has 9 heteroatoms. The van der Waals surface area contributed by atoms with Gasteiger partial charge >= 0.3 is 0 Å². The molecule has 20 heavy (non-hydrogen) atoms. The molecule has 1 aromatic carbocycles. The van der Waals surface area contributed by atoms with E-state index in [1.165, 1.54) is 22.5 Å². The molecule has 0 spiro atoms. The first kappa shape index (κ1) is 15.0. The maximum Gasteiger partial charge on any atom is 0.292 e. The van der Waals surface area contributed by atoms with Crippen LogP contribution in [0, 0.1) is 10.1 Å². The Morgan fingerprint density at radius 2 is 1.85 bits per heavy atom. The maximum absolute atomic E-state index is 11.4. The van der Waals surface area contributed by atoms with Gasteiger partial charge in [0, 0.05) is 37.3 Å². The van der Waals surface area contributed by atoms with E-state index in [0.29, 0.717) is 36.9 Å². The number of piperazine rings is 1. The number of halogens is 1. The fraction of sp³-hybridized carbons (Fsp3) is 0.455. The molecule has 0 N–H and O–H groups in total. The maximum atomic E-state index is 11.4. The van der Waals surface area contributed by atoms with E-state index in [-0.39, 0.29) is 5.69 Å². The number of hydrogen-bond acceptors (Lipinski definition) is 5. The van der Waals surface area contributed by atoms with Gasteiger partial charge in [0.15, 0.2) is 0 Å². The molecule has 1 saturated heterocycles. The zero-order chi connectivity index (χ0) is 14.9. The summed E-state index contributed by atoms with van der Waals surface area (Å²) in [6.07, 6.45) is 1.16. The Balaban J connectivity index is 2.22. The van der Waals surface area contributed by atoms with Crippen molar-refractivity contribution in [2.75, 3.05) is 37.3 Å². The minimum absolute atomic E-state index is 0.0257. The molecule has 0 amide bonds. The fourth-order valence-corrected chi connectivity index (χ4v) is 3.16. The van der Waals surface area contributed by atoms with Gasteiger partial charge in [-0.25, -0.2) is 8.42 Å². The number of sulfonamides is 1. The summed E-state index contributed by atoms with van der Waals surface area (Å²) in [4.78, 5) is 12.3. The Hall–Kier alpha value is -1.38. The van der Waals surface area contributed by atoms with Crippen LogP contribution in [0.3, 0.4) is 0 Å². The molecule has 1 aromatic rings. The van der Waals surface area contributed by atoms with Gasteiger partial charge in [0.2, 0.25) is 10.0 Å². The zero-order valence-corrected chi connectivity index (χ0v) is 12.4. The molecule has 0 aromatic heterocycles. The van der Waals surface area contributed by atoms with Gasteiger partial charge in [-0.05, 0) is 12.1 Å². The first-order valence-corrected chi connectivity index (χ1v) is 8.15. The second-order valence-corrected chi connectivity index (χ2v) is 6.96. The van der Waals surface area contributed by atoms with Gasteiger partial charge in [0.05, 0.1) is 11.2 Å². The summed E-state index contributed by atoms with van der Waals surface area (Å²) in [6.45, 7) is 1.41. The van der Waals surface area contributed by atoms with E-state index in [1.54, 1.807) is 4.90 Å². The van der Waals surface area contributed by atoms with Crippen molar-refractivity contribution in [1.82, 2.24) is 4.31 Å². The number of benzene rings is 1. The van der Waals surface area contributed by atoms with Crippen molar-refractivity contribution in [3.05, 3.63) is 33.3 Å². The number of nitrogens with zero attached hydrogens (tertiary/aromatic N) is 3. The van der Waals surface area contributed by atoms with Crippen LogP contribution in [0.4, 0.5) is 11.4 Å². The second kappa shape index (κ2) is 5.55. The lowest BCUT2D eigenvalue weighted by atomic mass is 10.2. The van der Waals surface area contributed by atoms with Crippen molar-refractivity contribution >= 4 is 33.0 Å². The molecule has 0 bridgehead atoms. The topological polar surface area (TPSA) is 83.8 Å². The quantitative estimate of drug-likeness (QED) is 0.620. The molecule has 0 radical (unpaired) electrons. The standard InChI is InChI=1S/C11H14ClN3O4S/c1-20(18,19)14-6-4-13(5-7-14)11-8-9(12)2-3-10(11)15(16)17/h2-3,8H,4-7H2,1H3. The van der Waals surface area contributed by atoms with E-state index in [1.807, 2.05) is 0 Å². The van der Waals surface area contributed by atoms with Gasteiger partial charge in [0.25, 0.3) is 5.69 Å². The number of rotatable bonds is 3. The molecular formula is C11H14ClN3O4S. The highest BCUT2D eigenvalue weighted by molar-refractivity contribution is 7.88. The van der Waals surface area contributed by atoms with Crippen molar-refractivity contribution in [1.29, 1.82) is 0 Å². The van der Waals surface area contributed by atoms with E-state index in [4.69, 9.17) is 11.6 Å². The van der Waals surface area contributed by atoms with Crippen LogP contribution in [0.15, 0.2) is 18.2 Å². The minimum Gasteiger partial charge on any atom is -0.363 e. The van der Waals surface area contributed by atoms with Crippen molar-refractivity contribution in [3.8, 4) is 0 Å². The predicted octanol–water partition coefficient (Wildman–Crippen LogP) is 1.33. The average molecular weight is 320 g/mol. The number of nitro benzene ring substituents is 1. The summed E-state index contributed by atoms with van der Waals surface area (Å²) >= 11 is 5.89. The minimum atomic E-state index is -3.22. The van der Waals surface area contributed by atoms with Crippen LogP contribution < -0.4 is 4.90 Å². The SMILES string of the molecule is CS(=O)(=O)N1CCN(c2cc(Cl)ccc2[N+](=O)[O-])CC1. The van der Waals surface area contributed by atoms with Crippen LogP contribution in [0.5, 0.6) is 0 Å².